The normalized spacial score (nSPS) is 11.0. The van der Waals surface area contributed by atoms with Crippen LogP contribution in [0.4, 0.5) is 0 Å². The van der Waals surface area contributed by atoms with Gasteiger partial charge < -0.3 is 14.8 Å². The van der Waals surface area contributed by atoms with Gasteiger partial charge in [-0.3, -0.25) is 4.99 Å². The van der Waals surface area contributed by atoms with Gasteiger partial charge in [0.2, 0.25) is 0 Å². The van der Waals surface area contributed by atoms with E-state index >= 15 is 0 Å². The van der Waals surface area contributed by atoms with Crippen LogP contribution < -0.4 is 5.32 Å². The predicted molar refractivity (Wildman–Crippen MR) is 125 cm³/mol. The molecule has 0 atom stereocenters. The summed E-state index contributed by atoms with van der Waals surface area (Å²) in [5.41, 5.74) is 2.52. The number of halogens is 1. The van der Waals surface area contributed by atoms with Gasteiger partial charge in [0.15, 0.2) is 5.96 Å². The number of benzene rings is 1. The number of hydrogen-bond acceptors (Lipinski definition) is 2. The molecule has 1 heterocycles. The molecule has 0 saturated heterocycles. The molecule has 0 aliphatic carbocycles. The van der Waals surface area contributed by atoms with E-state index in [9.17, 15) is 0 Å². The minimum atomic E-state index is 0. The van der Waals surface area contributed by atoms with E-state index in [-0.39, 0.29) is 24.0 Å². The minimum Gasteiger partial charge on any atom is -0.352 e. The van der Waals surface area contributed by atoms with Gasteiger partial charge in [-0.2, -0.15) is 0 Å². The summed E-state index contributed by atoms with van der Waals surface area (Å²) in [6.45, 7) is 6.41. The molecule has 0 saturated carbocycles. The number of nitrogens with zero attached hydrogens (tertiary/aromatic N) is 4. The zero-order valence-corrected chi connectivity index (χ0v) is 18.8. The lowest BCUT2D eigenvalue weighted by Crippen LogP contribution is -2.39. The molecule has 6 heteroatoms. The standard InChI is InChI=1S/C21H31N5.HI/c1-4-5-6-7-8-14-25(3)21(22-2)24-16-19-9-11-20(12-10-19)17-26-15-13-23-18-26;/h4,9-13,15,18H,1,5-8,14,16-17H2,2-3H3,(H,22,24);1H. The first-order chi connectivity index (χ1) is 12.7. The number of aromatic nitrogens is 2. The first kappa shape index (κ1) is 23.2. The first-order valence-corrected chi connectivity index (χ1v) is 9.29. The van der Waals surface area contributed by atoms with Crippen LogP contribution in [0.1, 0.15) is 36.8 Å². The van der Waals surface area contributed by atoms with Crippen LogP contribution in [0.15, 0.2) is 60.6 Å². The molecule has 27 heavy (non-hydrogen) atoms. The Hall–Kier alpha value is -1.83. The SMILES string of the molecule is C=CCCCCCN(C)C(=NC)NCc1ccc(Cn2ccnc2)cc1.I. The largest absolute Gasteiger partial charge is 0.352 e. The highest BCUT2D eigenvalue weighted by atomic mass is 127. The monoisotopic (exact) mass is 481 g/mol. The molecule has 0 unspecified atom stereocenters. The van der Waals surface area contributed by atoms with Crippen molar-refractivity contribution in [3.8, 4) is 0 Å². The van der Waals surface area contributed by atoms with E-state index in [1.165, 1.54) is 30.4 Å². The fraction of sp³-hybridized carbons (Fsp3) is 0.429. The molecular formula is C21H32IN5. The predicted octanol–water partition coefficient (Wildman–Crippen LogP) is 4.30. The van der Waals surface area contributed by atoms with Crippen molar-refractivity contribution in [1.29, 1.82) is 0 Å². The van der Waals surface area contributed by atoms with E-state index in [1.807, 2.05) is 25.6 Å². The van der Waals surface area contributed by atoms with Crippen LogP contribution in [-0.4, -0.2) is 41.1 Å². The van der Waals surface area contributed by atoms with E-state index in [0.29, 0.717) is 0 Å². The lowest BCUT2D eigenvalue weighted by molar-refractivity contribution is 0.455. The third-order valence-electron chi connectivity index (χ3n) is 4.37. The Kier molecular flexibility index (Phi) is 11.5. The molecule has 0 bridgehead atoms. The summed E-state index contributed by atoms with van der Waals surface area (Å²) in [5.74, 6) is 0.941. The summed E-state index contributed by atoms with van der Waals surface area (Å²) in [7, 11) is 3.93. The third kappa shape index (κ3) is 8.60. The van der Waals surface area contributed by atoms with Crippen molar-refractivity contribution < 1.29 is 0 Å². The number of guanidine groups is 1. The van der Waals surface area contributed by atoms with Crippen molar-refractivity contribution in [3.05, 3.63) is 66.8 Å². The number of allylic oxidation sites excluding steroid dienone is 1. The van der Waals surface area contributed by atoms with Gasteiger partial charge in [-0.25, -0.2) is 4.98 Å². The molecule has 5 nitrogen and oxygen atoms in total. The second-order valence-corrected chi connectivity index (χ2v) is 6.51. The molecular weight excluding hydrogens is 449 g/mol. The molecule has 0 fully saturated rings. The Labute approximate surface area is 180 Å². The van der Waals surface area contributed by atoms with E-state index in [0.717, 1.165) is 32.0 Å². The molecule has 148 valence electrons. The molecule has 1 N–H and O–H groups in total. The average molecular weight is 481 g/mol. The van der Waals surface area contributed by atoms with E-state index in [1.54, 1.807) is 6.20 Å². The molecule has 2 rings (SSSR count). The first-order valence-electron chi connectivity index (χ1n) is 9.29. The summed E-state index contributed by atoms with van der Waals surface area (Å²) in [4.78, 5) is 10.7. The van der Waals surface area contributed by atoms with Crippen LogP contribution >= 0.6 is 24.0 Å². The molecule has 0 amide bonds. The zero-order chi connectivity index (χ0) is 18.6. The Bertz CT molecular complexity index is 664. The van der Waals surface area contributed by atoms with Crippen molar-refractivity contribution in [2.75, 3.05) is 20.6 Å². The zero-order valence-electron chi connectivity index (χ0n) is 16.5. The summed E-state index contributed by atoms with van der Waals surface area (Å²) in [5, 5.41) is 3.45. The van der Waals surface area contributed by atoms with Crippen molar-refractivity contribution in [1.82, 2.24) is 19.8 Å². The summed E-state index contributed by atoms with van der Waals surface area (Å²) in [6.07, 6.45) is 12.3. The molecule has 0 aliphatic rings. The molecule has 0 aliphatic heterocycles. The van der Waals surface area contributed by atoms with Gasteiger partial charge in [-0.1, -0.05) is 36.8 Å². The number of rotatable bonds is 10. The van der Waals surface area contributed by atoms with Crippen molar-refractivity contribution >= 4 is 29.9 Å². The Morgan fingerprint density at radius 2 is 1.96 bits per heavy atom. The second-order valence-electron chi connectivity index (χ2n) is 6.51. The van der Waals surface area contributed by atoms with Gasteiger partial charge in [0.1, 0.15) is 0 Å². The molecule has 0 spiro atoms. The molecule has 0 radical (unpaired) electrons. The van der Waals surface area contributed by atoms with Gasteiger partial charge >= 0.3 is 0 Å². The third-order valence-corrected chi connectivity index (χ3v) is 4.37. The van der Waals surface area contributed by atoms with Gasteiger partial charge in [0.25, 0.3) is 0 Å². The number of unbranched alkanes of at least 4 members (excludes halogenated alkanes) is 3. The highest BCUT2D eigenvalue weighted by Gasteiger charge is 2.05. The van der Waals surface area contributed by atoms with Gasteiger partial charge in [0.05, 0.1) is 6.33 Å². The second kappa shape index (κ2) is 13.4. The molecule has 1 aromatic heterocycles. The number of imidazole rings is 1. The maximum atomic E-state index is 4.39. The van der Waals surface area contributed by atoms with Gasteiger partial charge in [0, 0.05) is 46.1 Å². The van der Waals surface area contributed by atoms with Crippen LogP contribution in [0, 0.1) is 0 Å². The Morgan fingerprint density at radius 3 is 2.59 bits per heavy atom. The van der Waals surface area contributed by atoms with E-state index < -0.39 is 0 Å². The Morgan fingerprint density at radius 1 is 1.22 bits per heavy atom. The van der Waals surface area contributed by atoms with Crippen molar-refractivity contribution in [3.63, 3.8) is 0 Å². The fourth-order valence-corrected chi connectivity index (χ4v) is 2.84. The summed E-state index contributed by atoms with van der Waals surface area (Å²) < 4.78 is 2.07. The maximum Gasteiger partial charge on any atom is 0.193 e. The minimum absolute atomic E-state index is 0. The fourth-order valence-electron chi connectivity index (χ4n) is 2.84. The lowest BCUT2D eigenvalue weighted by Gasteiger charge is -2.22. The smallest absolute Gasteiger partial charge is 0.193 e. The van der Waals surface area contributed by atoms with Crippen LogP contribution in [0.2, 0.25) is 0 Å². The number of hydrogen-bond donors (Lipinski definition) is 1. The topological polar surface area (TPSA) is 45.5 Å². The molecule has 1 aromatic carbocycles. The van der Waals surface area contributed by atoms with Gasteiger partial charge in [-0.05, 0) is 30.4 Å². The Balaban J connectivity index is 0.00000364. The summed E-state index contributed by atoms with van der Waals surface area (Å²) in [6, 6.07) is 8.68. The maximum absolute atomic E-state index is 4.39. The lowest BCUT2D eigenvalue weighted by atomic mass is 10.1. The van der Waals surface area contributed by atoms with Crippen LogP contribution in [0.25, 0.3) is 0 Å². The molecule has 2 aromatic rings. The highest BCUT2D eigenvalue weighted by molar-refractivity contribution is 14.0. The summed E-state index contributed by atoms with van der Waals surface area (Å²) >= 11 is 0. The van der Waals surface area contributed by atoms with E-state index in [4.69, 9.17) is 0 Å². The average Bonchev–Trinajstić information content (AvgIpc) is 3.16. The van der Waals surface area contributed by atoms with Crippen LogP contribution in [-0.2, 0) is 13.1 Å². The highest BCUT2D eigenvalue weighted by Crippen LogP contribution is 2.07. The van der Waals surface area contributed by atoms with E-state index in [2.05, 4.69) is 62.7 Å². The van der Waals surface area contributed by atoms with Crippen molar-refractivity contribution in [2.45, 2.75) is 38.8 Å². The van der Waals surface area contributed by atoms with Crippen LogP contribution in [0.3, 0.4) is 0 Å². The number of nitrogens with one attached hydrogen (secondary N) is 1. The van der Waals surface area contributed by atoms with Crippen LogP contribution in [0.5, 0.6) is 0 Å². The quantitative estimate of drug-likeness (QED) is 0.181. The number of aliphatic imine (C=N–C) groups is 1. The van der Waals surface area contributed by atoms with Gasteiger partial charge in [-0.15, -0.1) is 30.6 Å². The van der Waals surface area contributed by atoms with Crippen molar-refractivity contribution in [2.24, 2.45) is 4.99 Å².